The number of halogens is 3. The molecule has 144 valence electrons. The van der Waals surface area contributed by atoms with Crippen LogP contribution >= 0.6 is 15.9 Å². The lowest BCUT2D eigenvalue weighted by molar-refractivity contribution is 0.106. The zero-order valence-electron chi connectivity index (χ0n) is 15.0. The van der Waals surface area contributed by atoms with Gasteiger partial charge in [-0.05, 0) is 35.4 Å². The molecule has 4 rings (SSSR count). The van der Waals surface area contributed by atoms with Crippen LogP contribution in [-0.2, 0) is 23.4 Å². The second-order valence-electron chi connectivity index (χ2n) is 7.06. The average Bonchev–Trinajstić information content (AvgIpc) is 3.39. The van der Waals surface area contributed by atoms with Gasteiger partial charge in [-0.2, -0.15) is 0 Å². The quantitative estimate of drug-likeness (QED) is 0.667. The summed E-state index contributed by atoms with van der Waals surface area (Å²) in [5.41, 5.74) is 4.46. The maximum Gasteiger partial charge on any atom is 0.127 e. The number of hydrogen-bond donors (Lipinski definition) is 1. The number of methoxy groups -OCH3 is 1. The van der Waals surface area contributed by atoms with Crippen LogP contribution in [0.25, 0.3) is 0 Å². The number of ether oxygens (including phenoxy) is 2. The maximum absolute atomic E-state index is 14.8. The van der Waals surface area contributed by atoms with E-state index in [-0.39, 0.29) is 18.5 Å². The molecular weight excluding hydrogens is 418 g/mol. The first-order valence-corrected chi connectivity index (χ1v) is 9.62. The minimum Gasteiger partial charge on any atom is -0.497 e. The van der Waals surface area contributed by atoms with Gasteiger partial charge in [0.1, 0.15) is 18.2 Å². The van der Waals surface area contributed by atoms with Gasteiger partial charge in [0.05, 0.1) is 31.8 Å². The Balaban J connectivity index is 1.45. The molecule has 0 bridgehead atoms. The molecule has 2 heterocycles. The van der Waals surface area contributed by atoms with E-state index >= 15 is 0 Å². The third-order valence-electron chi connectivity index (χ3n) is 5.44. The predicted octanol–water partition coefficient (Wildman–Crippen LogP) is 3.72. The lowest BCUT2D eigenvalue weighted by Gasteiger charge is -2.27. The van der Waals surface area contributed by atoms with Crippen molar-refractivity contribution in [3.63, 3.8) is 0 Å². The van der Waals surface area contributed by atoms with Crippen molar-refractivity contribution in [3.05, 3.63) is 63.4 Å². The molecule has 0 saturated carbocycles. The van der Waals surface area contributed by atoms with Gasteiger partial charge in [0.25, 0.3) is 0 Å². The molecule has 2 aliphatic heterocycles. The van der Waals surface area contributed by atoms with Crippen LogP contribution in [0.15, 0.2) is 40.9 Å². The standard InChI is InChI=1S/C20H21BrF2N2O2/c1-26-15-4-2-13(3-5-15)9-27-10-14-6-18(23)16(7-17(14)21)20(11-22)12-24-25-8-19(20)25/h2-7,19,24H,8-12H2,1H3. The van der Waals surface area contributed by atoms with Crippen molar-refractivity contribution in [2.75, 3.05) is 26.9 Å². The minimum absolute atomic E-state index is 0.0288. The summed E-state index contributed by atoms with van der Waals surface area (Å²) in [6.07, 6.45) is 0. The highest BCUT2D eigenvalue weighted by molar-refractivity contribution is 9.10. The predicted molar refractivity (Wildman–Crippen MR) is 102 cm³/mol. The molecule has 7 heteroatoms. The lowest BCUT2D eigenvalue weighted by atomic mass is 9.78. The fourth-order valence-electron chi connectivity index (χ4n) is 3.71. The van der Waals surface area contributed by atoms with E-state index in [9.17, 15) is 8.78 Å². The number of rotatable bonds is 7. The fraction of sp³-hybridized carbons (Fsp3) is 0.400. The molecule has 4 nitrogen and oxygen atoms in total. The summed E-state index contributed by atoms with van der Waals surface area (Å²) < 4.78 is 40.3. The van der Waals surface area contributed by atoms with Crippen molar-refractivity contribution in [1.82, 2.24) is 10.4 Å². The number of fused-ring (bicyclic) bond motifs is 1. The molecule has 0 aliphatic carbocycles. The zero-order valence-corrected chi connectivity index (χ0v) is 16.6. The lowest BCUT2D eigenvalue weighted by Crippen LogP contribution is -2.39. The van der Waals surface area contributed by atoms with Gasteiger partial charge in [0.15, 0.2) is 0 Å². The molecule has 0 aromatic heterocycles. The van der Waals surface area contributed by atoms with E-state index < -0.39 is 12.1 Å². The van der Waals surface area contributed by atoms with Crippen LogP contribution in [-0.4, -0.2) is 37.9 Å². The zero-order chi connectivity index (χ0) is 19.0. The van der Waals surface area contributed by atoms with Crippen molar-refractivity contribution in [3.8, 4) is 5.75 Å². The Bertz CT molecular complexity index is 833. The summed E-state index contributed by atoms with van der Waals surface area (Å²) in [6.45, 7) is 1.27. The molecule has 2 aromatic rings. The highest BCUT2D eigenvalue weighted by atomic mass is 79.9. The molecule has 2 saturated heterocycles. The number of hydrogen-bond acceptors (Lipinski definition) is 4. The molecule has 0 spiro atoms. The Morgan fingerprint density at radius 1 is 1.26 bits per heavy atom. The minimum atomic E-state index is -0.810. The molecule has 2 aromatic carbocycles. The SMILES string of the molecule is COc1ccc(COCc2cc(F)c(C3(CF)CNN4CC43)cc2Br)cc1. The van der Waals surface area contributed by atoms with E-state index in [4.69, 9.17) is 9.47 Å². The number of hydrazine groups is 1. The summed E-state index contributed by atoms with van der Waals surface area (Å²) in [5, 5.41) is 1.96. The van der Waals surface area contributed by atoms with Gasteiger partial charge in [-0.1, -0.05) is 28.1 Å². The monoisotopic (exact) mass is 438 g/mol. The molecule has 0 amide bonds. The van der Waals surface area contributed by atoms with Gasteiger partial charge >= 0.3 is 0 Å². The average molecular weight is 439 g/mol. The Hall–Kier alpha value is -1.54. The largest absolute Gasteiger partial charge is 0.497 e. The maximum atomic E-state index is 14.8. The molecule has 2 aliphatic rings. The first kappa shape index (κ1) is 18.8. The van der Waals surface area contributed by atoms with Crippen molar-refractivity contribution < 1.29 is 18.3 Å². The molecule has 3 atom stereocenters. The summed E-state index contributed by atoms with van der Waals surface area (Å²) in [7, 11) is 1.62. The number of nitrogens with one attached hydrogen (secondary N) is 1. The highest BCUT2D eigenvalue weighted by Crippen LogP contribution is 2.44. The van der Waals surface area contributed by atoms with Crippen LogP contribution < -0.4 is 10.2 Å². The van der Waals surface area contributed by atoms with Gasteiger partial charge in [-0.15, -0.1) is 0 Å². The molecule has 2 fully saturated rings. The molecule has 3 unspecified atom stereocenters. The smallest absolute Gasteiger partial charge is 0.127 e. The number of alkyl halides is 1. The number of benzene rings is 2. The third kappa shape index (κ3) is 3.49. The summed E-state index contributed by atoms with van der Waals surface area (Å²) >= 11 is 3.50. The van der Waals surface area contributed by atoms with Gasteiger partial charge in [0, 0.05) is 23.1 Å². The van der Waals surface area contributed by atoms with Gasteiger partial charge in [-0.25, -0.2) is 9.40 Å². The second kappa shape index (κ2) is 7.47. The van der Waals surface area contributed by atoms with E-state index in [0.29, 0.717) is 24.3 Å². The highest BCUT2D eigenvalue weighted by Gasteiger charge is 2.59. The Labute approximate surface area is 165 Å². The van der Waals surface area contributed by atoms with Crippen LogP contribution in [0.4, 0.5) is 8.78 Å². The van der Waals surface area contributed by atoms with Crippen molar-refractivity contribution in [1.29, 1.82) is 0 Å². The van der Waals surface area contributed by atoms with E-state index in [0.717, 1.165) is 22.3 Å². The summed E-state index contributed by atoms with van der Waals surface area (Å²) in [5.74, 6) is 0.408. The van der Waals surface area contributed by atoms with Crippen LogP contribution in [0, 0.1) is 5.82 Å². The van der Waals surface area contributed by atoms with Gasteiger partial charge in [0.2, 0.25) is 0 Å². The summed E-state index contributed by atoms with van der Waals surface area (Å²) in [6, 6.07) is 10.8. The first-order valence-electron chi connectivity index (χ1n) is 8.82. The van der Waals surface area contributed by atoms with Crippen LogP contribution in [0.1, 0.15) is 16.7 Å². The van der Waals surface area contributed by atoms with E-state index in [1.807, 2.05) is 29.3 Å². The topological polar surface area (TPSA) is 33.5 Å². The first-order chi connectivity index (χ1) is 13.1. The molecule has 0 radical (unpaired) electrons. The number of nitrogens with zero attached hydrogens (tertiary/aromatic N) is 1. The Morgan fingerprint density at radius 2 is 2.04 bits per heavy atom. The van der Waals surface area contributed by atoms with Crippen molar-refractivity contribution in [2.24, 2.45) is 0 Å². The molecule has 27 heavy (non-hydrogen) atoms. The Morgan fingerprint density at radius 3 is 2.63 bits per heavy atom. The van der Waals surface area contributed by atoms with Crippen molar-refractivity contribution in [2.45, 2.75) is 24.7 Å². The van der Waals surface area contributed by atoms with E-state index in [2.05, 4.69) is 21.4 Å². The van der Waals surface area contributed by atoms with Crippen molar-refractivity contribution >= 4 is 15.9 Å². The third-order valence-corrected chi connectivity index (χ3v) is 6.18. The second-order valence-corrected chi connectivity index (χ2v) is 7.91. The van der Waals surface area contributed by atoms with E-state index in [1.165, 1.54) is 6.07 Å². The van der Waals surface area contributed by atoms with E-state index in [1.54, 1.807) is 13.2 Å². The summed E-state index contributed by atoms with van der Waals surface area (Å²) in [4.78, 5) is 0. The van der Waals surface area contributed by atoms with Crippen LogP contribution in [0.2, 0.25) is 0 Å². The van der Waals surface area contributed by atoms with Crippen LogP contribution in [0.3, 0.4) is 0 Å². The van der Waals surface area contributed by atoms with Gasteiger partial charge < -0.3 is 9.47 Å². The molecule has 1 N–H and O–H groups in total. The Kier molecular flexibility index (Phi) is 5.20. The fourth-order valence-corrected chi connectivity index (χ4v) is 4.17. The van der Waals surface area contributed by atoms with Gasteiger partial charge in [-0.3, -0.25) is 9.82 Å². The normalized spacial score (nSPS) is 26.1. The van der Waals surface area contributed by atoms with Crippen LogP contribution in [0.5, 0.6) is 5.75 Å². The molecular formula is C20H21BrF2N2O2.